The molecule has 2 N–H and O–H groups in total. The minimum Gasteiger partial charge on any atom is -0.384 e. The minimum atomic E-state index is -1.40. The van der Waals surface area contributed by atoms with Gasteiger partial charge in [-0.1, -0.05) is 0 Å². The van der Waals surface area contributed by atoms with Crippen molar-refractivity contribution in [2.45, 2.75) is 19.1 Å². The summed E-state index contributed by atoms with van der Waals surface area (Å²) in [6.07, 6.45) is -1.14. The van der Waals surface area contributed by atoms with Crippen molar-refractivity contribution in [1.82, 2.24) is 9.78 Å². The number of hydrogen-bond acceptors (Lipinski definition) is 4. The van der Waals surface area contributed by atoms with E-state index in [0.717, 1.165) is 5.69 Å². The quantitative estimate of drug-likeness (QED) is 0.611. The van der Waals surface area contributed by atoms with E-state index in [0.29, 0.717) is 5.56 Å². The molecule has 70 valence electrons. The van der Waals surface area contributed by atoms with E-state index in [1.54, 1.807) is 24.7 Å². The zero-order valence-corrected chi connectivity index (χ0v) is 7.47. The third kappa shape index (κ3) is 1.69. The second kappa shape index (κ2) is 3.56. The number of nitrogens with zero attached hydrogens (tertiary/aromatic N) is 3. The van der Waals surface area contributed by atoms with Gasteiger partial charge in [0.2, 0.25) is 0 Å². The van der Waals surface area contributed by atoms with E-state index < -0.39 is 12.2 Å². The summed E-state index contributed by atoms with van der Waals surface area (Å²) < 4.78 is 1.57. The average Bonchev–Trinajstić information content (AvgIpc) is 2.45. The van der Waals surface area contributed by atoms with Gasteiger partial charge in [-0.25, -0.2) is 0 Å². The first-order valence-corrected chi connectivity index (χ1v) is 3.82. The molecule has 1 rings (SSSR count). The Morgan fingerprint density at radius 2 is 2.23 bits per heavy atom. The molecule has 5 heteroatoms. The highest BCUT2D eigenvalue weighted by Gasteiger charge is 2.21. The fourth-order valence-corrected chi connectivity index (χ4v) is 1.05. The van der Waals surface area contributed by atoms with Crippen LogP contribution < -0.4 is 0 Å². The molecule has 0 saturated heterocycles. The molecule has 0 aliphatic rings. The lowest BCUT2D eigenvalue weighted by Gasteiger charge is -2.10. The number of nitriles is 1. The van der Waals surface area contributed by atoms with Crippen LogP contribution in [-0.2, 0) is 7.05 Å². The maximum absolute atomic E-state index is 9.46. The van der Waals surface area contributed by atoms with Crippen molar-refractivity contribution >= 4 is 0 Å². The van der Waals surface area contributed by atoms with Crippen molar-refractivity contribution in [1.29, 1.82) is 5.26 Å². The molecule has 0 aliphatic heterocycles. The third-order valence-corrected chi connectivity index (χ3v) is 2.02. The third-order valence-electron chi connectivity index (χ3n) is 2.02. The van der Waals surface area contributed by atoms with Crippen LogP contribution in [0.25, 0.3) is 0 Å². The molecule has 0 radical (unpaired) electrons. The van der Waals surface area contributed by atoms with Gasteiger partial charge in [0, 0.05) is 18.3 Å². The molecule has 0 spiro atoms. The summed E-state index contributed by atoms with van der Waals surface area (Å²) in [5, 5.41) is 30.8. The van der Waals surface area contributed by atoms with Crippen LogP contribution in [0.3, 0.4) is 0 Å². The van der Waals surface area contributed by atoms with E-state index in [2.05, 4.69) is 5.10 Å². The molecule has 0 bridgehead atoms. The summed E-state index contributed by atoms with van der Waals surface area (Å²) in [7, 11) is 1.73. The monoisotopic (exact) mass is 181 g/mol. The number of aryl methyl sites for hydroxylation is 1. The lowest BCUT2D eigenvalue weighted by Crippen LogP contribution is -2.16. The predicted molar refractivity (Wildman–Crippen MR) is 44.5 cm³/mol. The number of hydrogen-bond donors (Lipinski definition) is 2. The summed E-state index contributed by atoms with van der Waals surface area (Å²) in [6.45, 7) is 1.76. The van der Waals surface area contributed by atoms with Crippen LogP contribution in [0.4, 0.5) is 0 Å². The Morgan fingerprint density at radius 3 is 2.62 bits per heavy atom. The maximum atomic E-state index is 9.46. The van der Waals surface area contributed by atoms with Crippen LogP contribution in [0, 0.1) is 18.3 Å². The SMILES string of the molecule is Cc1c(C(O)C(O)C#N)cnn1C. The van der Waals surface area contributed by atoms with Crippen molar-refractivity contribution in [3.05, 3.63) is 17.5 Å². The predicted octanol–water partition coefficient (Wildman–Crippen LogP) is -0.354. The standard InChI is InChI=1S/C8H11N3O2/c1-5-6(4-10-11(5)2)8(13)7(12)3-9/h4,7-8,12-13H,1-2H3. The number of aliphatic hydroxyl groups is 2. The Bertz CT molecular complexity index is 340. The van der Waals surface area contributed by atoms with Gasteiger partial charge in [-0.05, 0) is 6.92 Å². The van der Waals surface area contributed by atoms with Gasteiger partial charge >= 0.3 is 0 Å². The summed E-state index contributed by atoms with van der Waals surface area (Å²) in [4.78, 5) is 0. The summed E-state index contributed by atoms with van der Waals surface area (Å²) in [5.41, 5.74) is 1.22. The van der Waals surface area contributed by atoms with E-state index in [-0.39, 0.29) is 0 Å². The molecule has 0 fully saturated rings. The molecule has 2 unspecified atom stereocenters. The molecule has 1 heterocycles. The summed E-state index contributed by atoms with van der Waals surface area (Å²) in [6, 6.07) is 1.57. The van der Waals surface area contributed by atoms with Crippen molar-refractivity contribution in [2.75, 3.05) is 0 Å². The Hall–Kier alpha value is -1.38. The topological polar surface area (TPSA) is 82.1 Å². The molecular formula is C8H11N3O2. The highest BCUT2D eigenvalue weighted by molar-refractivity contribution is 5.21. The Kier molecular flexibility index (Phi) is 2.66. The van der Waals surface area contributed by atoms with Gasteiger partial charge < -0.3 is 10.2 Å². The molecule has 5 nitrogen and oxygen atoms in total. The normalized spacial score (nSPS) is 15.0. The van der Waals surface area contributed by atoms with E-state index in [1.165, 1.54) is 6.20 Å². The van der Waals surface area contributed by atoms with Crippen LogP contribution in [-0.4, -0.2) is 26.1 Å². The lowest BCUT2D eigenvalue weighted by atomic mass is 10.1. The van der Waals surface area contributed by atoms with Crippen LogP contribution >= 0.6 is 0 Å². The van der Waals surface area contributed by atoms with Gasteiger partial charge in [0.1, 0.15) is 6.10 Å². The second-order valence-electron chi connectivity index (χ2n) is 2.83. The molecule has 0 aliphatic carbocycles. The van der Waals surface area contributed by atoms with Crippen LogP contribution in [0.2, 0.25) is 0 Å². The van der Waals surface area contributed by atoms with Crippen molar-refractivity contribution in [3.63, 3.8) is 0 Å². The van der Waals surface area contributed by atoms with Gasteiger partial charge in [0.15, 0.2) is 6.10 Å². The van der Waals surface area contributed by atoms with Gasteiger partial charge in [-0.15, -0.1) is 0 Å². The number of rotatable bonds is 2. The van der Waals surface area contributed by atoms with Crippen LogP contribution in [0.1, 0.15) is 17.4 Å². The van der Waals surface area contributed by atoms with Gasteiger partial charge in [-0.3, -0.25) is 4.68 Å². The Morgan fingerprint density at radius 1 is 1.62 bits per heavy atom. The number of aliphatic hydroxyl groups excluding tert-OH is 2. The molecular weight excluding hydrogens is 170 g/mol. The smallest absolute Gasteiger partial charge is 0.170 e. The first kappa shape index (κ1) is 9.71. The van der Waals surface area contributed by atoms with Crippen LogP contribution in [0.5, 0.6) is 0 Å². The first-order valence-electron chi connectivity index (χ1n) is 3.82. The first-order chi connectivity index (χ1) is 6.07. The zero-order valence-electron chi connectivity index (χ0n) is 7.47. The largest absolute Gasteiger partial charge is 0.384 e. The molecule has 2 atom stereocenters. The van der Waals surface area contributed by atoms with E-state index in [1.807, 2.05) is 0 Å². The minimum absolute atomic E-state index is 0.483. The van der Waals surface area contributed by atoms with E-state index in [4.69, 9.17) is 10.4 Å². The fraction of sp³-hybridized carbons (Fsp3) is 0.500. The van der Waals surface area contributed by atoms with Crippen molar-refractivity contribution < 1.29 is 10.2 Å². The molecule has 1 aromatic heterocycles. The molecule has 13 heavy (non-hydrogen) atoms. The average molecular weight is 181 g/mol. The van der Waals surface area contributed by atoms with Crippen molar-refractivity contribution in [3.8, 4) is 6.07 Å². The maximum Gasteiger partial charge on any atom is 0.170 e. The number of aromatic nitrogens is 2. The molecule has 0 saturated carbocycles. The van der Waals surface area contributed by atoms with E-state index >= 15 is 0 Å². The molecule has 0 aromatic carbocycles. The highest BCUT2D eigenvalue weighted by atomic mass is 16.3. The van der Waals surface area contributed by atoms with Gasteiger partial charge in [-0.2, -0.15) is 10.4 Å². The fourth-order valence-electron chi connectivity index (χ4n) is 1.05. The summed E-state index contributed by atoms with van der Waals surface area (Å²) >= 11 is 0. The summed E-state index contributed by atoms with van der Waals surface area (Å²) in [5.74, 6) is 0. The second-order valence-corrected chi connectivity index (χ2v) is 2.83. The van der Waals surface area contributed by atoms with Crippen LogP contribution in [0.15, 0.2) is 6.20 Å². The highest BCUT2D eigenvalue weighted by Crippen LogP contribution is 2.19. The van der Waals surface area contributed by atoms with Gasteiger partial charge in [0.05, 0.1) is 12.3 Å². The zero-order chi connectivity index (χ0) is 10.0. The van der Waals surface area contributed by atoms with Gasteiger partial charge in [0.25, 0.3) is 0 Å². The Labute approximate surface area is 75.8 Å². The molecule has 1 aromatic rings. The van der Waals surface area contributed by atoms with Crippen molar-refractivity contribution in [2.24, 2.45) is 7.05 Å². The Balaban J connectivity index is 2.96. The lowest BCUT2D eigenvalue weighted by molar-refractivity contribution is 0.0523. The molecule has 0 amide bonds. The van der Waals surface area contributed by atoms with E-state index in [9.17, 15) is 5.11 Å².